The Morgan fingerprint density at radius 1 is 1.25 bits per heavy atom. The molecule has 1 heterocycles. The lowest BCUT2D eigenvalue weighted by molar-refractivity contribution is 0.332. The van der Waals surface area contributed by atoms with E-state index in [-0.39, 0.29) is 6.04 Å². The van der Waals surface area contributed by atoms with E-state index in [4.69, 9.17) is 5.73 Å². The van der Waals surface area contributed by atoms with Gasteiger partial charge in [-0.25, -0.2) is 0 Å². The first-order valence-corrected chi connectivity index (χ1v) is 7.33. The van der Waals surface area contributed by atoms with E-state index in [0.717, 1.165) is 25.7 Å². The molecular formula is C10H23N3O2S. The van der Waals surface area contributed by atoms with Crippen LogP contribution in [0.5, 0.6) is 0 Å². The van der Waals surface area contributed by atoms with Crippen molar-refractivity contribution in [3.63, 3.8) is 0 Å². The van der Waals surface area contributed by atoms with Gasteiger partial charge in [-0.15, -0.1) is 0 Å². The standard InChI is InChI=1S/C10H23N3O2S/c1-10(9-11)12(2)16(14,15)13-7-5-3-4-6-8-13/h10H,3-9,11H2,1-2H3. The Bertz CT molecular complexity index is 297. The van der Waals surface area contributed by atoms with Gasteiger partial charge in [-0.1, -0.05) is 12.8 Å². The topological polar surface area (TPSA) is 66.6 Å². The van der Waals surface area contributed by atoms with Crippen LogP contribution in [0.3, 0.4) is 0 Å². The molecule has 5 nitrogen and oxygen atoms in total. The van der Waals surface area contributed by atoms with Crippen LogP contribution in [0.25, 0.3) is 0 Å². The monoisotopic (exact) mass is 249 g/mol. The molecule has 6 heteroatoms. The second-order valence-corrected chi connectivity index (χ2v) is 6.41. The van der Waals surface area contributed by atoms with Gasteiger partial charge in [-0.2, -0.15) is 17.0 Å². The highest BCUT2D eigenvalue weighted by Gasteiger charge is 2.29. The Hall–Kier alpha value is -0.170. The number of likely N-dealkylation sites (N-methyl/N-ethyl adjacent to an activating group) is 1. The highest BCUT2D eigenvalue weighted by atomic mass is 32.2. The van der Waals surface area contributed by atoms with Gasteiger partial charge in [-0.3, -0.25) is 0 Å². The Morgan fingerprint density at radius 3 is 2.19 bits per heavy atom. The van der Waals surface area contributed by atoms with Gasteiger partial charge in [0, 0.05) is 32.7 Å². The van der Waals surface area contributed by atoms with E-state index in [9.17, 15) is 8.42 Å². The van der Waals surface area contributed by atoms with Gasteiger partial charge in [0.2, 0.25) is 0 Å². The van der Waals surface area contributed by atoms with E-state index in [0.29, 0.717) is 19.6 Å². The van der Waals surface area contributed by atoms with Crippen LogP contribution in [0.4, 0.5) is 0 Å². The summed E-state index contributed by atoms with van der Waals surface area (Å²) in [6.45, 7) is 3.47. The molecule has 1 aliphatic rings. The molecule has 1 saturated heterocycles. The molecule has 0 radical (unpaired) electrons. The Balaban J connectivity index is 2.74. The maximum absolute atomic E-state index is 12.2. The highest BCUT2D eigenvalue weighted by Crippen LogP contribution is 2.16. The van der Waals surface area contributed by atoms with Gasteiger partial charge in [-0.05, 0) is 19.8 Å². The lowest BCUT2D eigenvalue weighted by Gasteiger charge is -2.29. The van der Waals surface area contributed by atoms with Gasteiger partial charge in [0.25, 0.3) is 10.2 Å². The molecule has 1 rings (SSSR count). The molecule has 0 aromatic heterocycles. The highest BCUT2D eigenvalue weighted by molar-refractivity contribution is 7.86. The minimum absolute atomic E-state index is 0.145. The van der Waals surface area contributed by atoms with Crippen molar-refractivity contribution in [1.29, 1.82) is 0 Å². The van der Waals surface area contributed by atoms with Crippen molar-refractivity contribution in [2.45, 2.75) is 38.6 Å². The first kappa shape index (κ1) is 13.9. The van der Waals surface area contributed by atoms with Crippen LogP contribution in [0.2, 0.25) is 0 Å². The van der Waals surface area contributed by atoms with E-state index in [1.54, 1.807) is 11.4 Å². The van der Waals surface area contributed by atoms with Gasteiger partial charge in [0.1, 0.15) is 0 Å². The van der Waals surface area contributed by atoms with Crippen molar-refractivity contribution in [1.82, 2.24) is 8.61 Å². The SMILES string of the molecule is CC(CN)N(C)S(=O)(=O)N1CCCCCC1. The van der Waals surface area contributed by atoms with E-state index in [2.05, 4.69) is 0 Å². The van der Waals surface area contributed by atoms with Crippen LogP contribution < -0.4 is 5.73 Å². The van der Waals surface area contributed by atoms with Crippen molar-refractivity contribution < 1.29 is 8.42 Å². The number of hydrogen-bond acceptors (Lipinski definition) is 3. The molecule has 0 aromatic carbocycles. The lowest BCUT2D eigenvalue weighted by Crippen LogP contribution is -2.48. The summed E-state index contributed by atoms with van der Waals surface area (Å²) in [5, 5.41) is 0. The maximum Gasteiger partial charge on any atom is 0.282 e. The molecular weight excluding hydrogens is 226 g/mol. The molecule has 0 spiro atoms. The summed E-state index contributed by atoms with van der Waals surface area (Å²) >= 11 is 0. The normalized spacial score (nSPS) is 22.0. The summed E-state index contributed by atoms with van der Waals surface area (Å²) in [4.78, 5) is 0. The first-order valence-electron chi connectivity index (χ1n) is 5.93. The molecule has 0 bridgehead atoms. The molecule has 0 saturated carbocycles. The molecule has 16 heavy (non-hydrogen) atoms. The van der Waals surface area contributed by atoms with Crippen molar-refractivity contribution in [2.75, 3.05) is 26.7 Å². The van der Waals surface area contributed by atoms with E-state index < -0.39 is 10.2 Å². The Labute approximate surface area is 98.8 Å². The van der Waals surface area contributed by atoms with Crippen molar-refractivity contribution >= 4 is 10.2 Å². The van der Waals surface area contributed by atoms with Crippen molar-refractivity contribution in [3.8, 4) is 0 Å². The molecule has 1 unspecified atom stereocenters. The van der Waals surface area contributed by atoms with Gasteiger partial charge in [0.15, 0.2) is 0 Å². The van der Waals surface area contributed by atoms with E-state index >= 15 is 0 Å². The molecule has 0 amide bonds. The van der Waals surface area contributed by atoms with Crippen LogP contribution >= 0.6 is 0 Å². The van der Waals surface area contributed by atoms with Gasteiger partial charge >= 0.3 is 0 Å². The van der Waals surface area contributed by atoms with E-state index in [1.807, 2.05) is 6.92 Å². The molecule has 1 fully saturated rings. The zero-order chi connectivity index (χ0) is 12.2. The largest absolute Gasteiger partial charge is 0.329 e. The number of rotatable bonds is 4. The quantitative estimate of drug-likeness (QED) is 0.783. The van der Waals surface area contributed by atoms with Gasteiger partial charge in [0.05, 0.1) is 0 Å². The molecule has 96 valence electrons. The van der Waals surface area contributed by atoms with Crippen molar-refractivity contribution in [3.05, 3.63) is 0 Å². The number of nitrogens with zero attached hydrogens (tertiary/aromatic N) is 2. The number of nitrogens with two attached hydrogens (primary N) is 1. The third kappa shape index (κ3) is 3.16. The predicted octanol–water partition coefficient (Wildman–Crippen LogP) is 0.386. The predicted molar refractivity (Wildman–Crippen MR) is 65.2 cm³/mol. The Morgan fingerprint density at radius 2 is 1.75 bits per heavy atom. The average molecular weight is 249 g/mol. The van der Waals surface area contributed by atoms with Crippen LogP contribution in [-0.2, 0) is 10.2 Å². The molecule has 1 aliphatic heterocycles. The second-order valence-electron chi connectivity index (χ2n) is 4.42. The smallest absolute Gasteiger partial charge is 0.282 e. The van der Waals surface area contributed by atoms with Crippen LogP contribution in [0.1, 0.15) is 32.6 Å². The Kier molecular flexibility index (Phi) is 5.17. The zero-order valence-electron chi connectivity index (χ0n) is 10.2. The molecule has 2 N–H and O–H groups in total. The van der Waals surface area contributed by atoms with Crippen LogP contribution in [0.15, 0.2) is 0 Å². The minimum Gasteiger partial charge on any atom is -0.329 e. The third-order valence-electron chi connectivity index (χ3n) is 3.22. The second kappa shape index (κ2) is 5.95. The fourth-order valence-electron chi connectivity index (χ4n) is 1.83. The summed E-state index contributed by atoms with van der Waals surface area (Å²) in [6, 6.07) is -0.145. The fourth-order valence-corrected chi connectivity index (χ4v) is 3.46. The first-order chi connectivity index (χ1) is 7.50. The summed E-state index contributed by atoms with van der Waals surface area (Å²) < 4.78 is 27.4. The summed E-state index contributed by atoms with van der Waals surface area (Å²) in [6.07, 6.45) is 4.18. The third-order valence-corrected chi connectivity index (χ3v) is 5.32. The minimum atomic E-state index is -3.31. The molecule has 0 aromatic rings. The van der Waals surface area contributed by atoms with E-state index in [1.165, 1.54) is 4.31 Å². The summed E-state index contributed by atoms with van der Waals surface area (Å²) in [7, 11) is -1.70. The van der Waals surface area contributed by atoms with Crippen LogP contribution in [0, 0.1) is 0 Å². The zero-order valence-corrected chi connectivity index (χ0v) is 11.0. The van der Waals surface area contributed by atoms with Gasteiger partial charge < -0.3 is 5.73 Å². The molecule has 1 atom stereocenters. The number of hydrogen-bond donors (Lipinski definition) is 1. The maximum atomic E-state index is 12.2. The summed E-state index contributed by atoms with van der Waals surface area (Å²) in [5.41, 5.74) is 5.51. The van der Waals surface area contributed by atoms with Crippen LogP contribution in [-0.4, -0.2) is 49.8 Å². The lowest BCUT2D eigenvalue weighted by atomic mass is 10.2. The average Bonchev–Trinajstić information content (AvgIpc) is 2.55. The fraction of sp³-hybridized carbons (Fsp3) is 1.00. The summed E-state index contributed by atoms with van der Waals surface area (Å²) in [5.74, 6) is 0. The van der Waals surface area contributed by atoms with Crippen molar-refractivity contribution in [2.24, 2.45) is 5.73 Å². The molecule has 0 aliphatic carbocycles.